The maximum Gasteiger partial charge on any atom is 0.326 e. The molecule has 1 aliphatic carbocycles. The van der Waals surface area contributed by atoms with Gasteiger partial charge in [-0.25, -0.2) is 4.79 Å². The quantitative estimate of drug-likeness (QED) is 0.219. The van der Waals surface area contributed by atoms with Crippen molar-refractivity contribution in [3.63, 3.8) is 0 Å². The highest BCUT2D eigenvalue weighted by atomic mass is 16.5. The lowest BCUT2D eigenvalue weighted by Gasteiger charge is -2.29. The molecule has 2 aliphatic rings. The number of carboxylic acids is 2. The van der Waals surface area contributed by atoms with Crippen LogP contribution >= 0.6 is 0 Å². The van der Waals surface area contributed by atoms with Gasteiger partial charge in [0, 0.05) is 23.8 Å². The van der Waals surface area contributed by atoms with Gasteiger partial charge in [-0.2, -0.15) is 0 Å². The lowest BCUT2D eigenvalue weighted by Crippen LogP contribution is -2.43. The number of phenols is 2. The highest BCUT2D eigenvalue weighted by Gasteiger charge is 2.56. The molecule has 5 N–H and O–H groups in total. The molecule has 0 radical (unpaired) electrons. The van der Waals surface area contributed by atoms with Gasteiger partial charge in [0.1, 0.15) is 40.0 Å². The molecule has 1 aromatic rings. The summed E-state index contributed by atoms with van der Waals surface area (Å²) in [7, 11) is 0. The van der Waals surface area contributed by atoms with Crippen molar-refractivity contribution in [2.24, 2.45) is 0 Å². The number of ether oxygens (including phenoxy) is 1. The highest BCUT2D eigenvalue weighted by molar-refractivity contribution is 6.31. The minimum absolute atomic E-state index is 0.0558. The van der Waals surface area contributed by atoms with Crippen molar-refractivity contribution in [1.29, 1.82) is 0 Å². The van der Waals surface area contributed by atoms with Crippen LogP contribution in [0.3, 0.4) is 0 Å². The minimum Gasteiger partial charge on any atom is -0.507 e. The second kappa shape index (κ2) is 8.32. The SMILES string of the molecule is CC(=O)c1c(O)c(C)c(O)c2c1OC1=CC(=O)C(=C(C)N[C@H](CCC(=O)O)C(=O)O)C(=O)[C@@]12C. The Morgan fingerprint density at radius 3 is 2.26 bits per heavy atom. The summed E-state index contributed by atoms with van der Waals surface area (Å²) in [6.45, 7) is 5.21. The van der Waals surface area contributed by atoms with Gasteiger partial charge in [0.05, 0.1) is 11.1 Å². The number of ketones is 3. The molecule has 0 saturated heterocycles. The first-order valence-electron chi connectivity index (χ1n) is 10.2. The number of phenolic OH excluding ortho intramolecular Hbond substituents is 2. The van der Waals surface area contributed by atoms with Gasteiger partial charge in [0.15, 0.2) is 17.3 Å². The van der Waals surface area contributed by atoms with E-state index in [9.17, 15) is 39.3 Å². The van der Waals surface area contributed by atoms with Crippen LogP contribution in [0.2, 0.25) is 0 Å². The molecular weight excluding hydrogens is 450 g/mol. The first-order chi connectivity index (χ1) is 15.7. The van der Waals surface area contributed by atoms with Crippen molar-refractivity contribution >= 4 is 29.3 Å². The third kappa shape index (κ3) is 3.58. The molecule has 0 aromatic heterocycles. The average molecular weight is 473 g/mol. The zero-order chi connectivity index (χ0) is 25.7. The Hall–Kier alpha value is -4.15. The number of aliphatic carboxylic acids is 2. The molecule has 1 aliphatic heterocycles. The van der Waals surface area contributed by atoms with Crippen molar-refractivity contribution < 1.29 is 49.1 Å². The number of carboxylic acid groups (broad SMARTS) is 2. The molecule has 11 nitrogen and oxygen atoms in total. The van der Waals surface area contributed by atoms with E-state index in [0.29, 0.717) is 0 Å². The number of benzene rings is 1. The lowest BCUT2D eigenvalue weighted by molar-refractivity contribution is -0.140. The van der Waals surface area contributed by atoms with E-state index < -0.39 is 64.2 Å². The summed E-state index contributed by atoms with van der Waals surface area (Å²) in [5.74, 6) is -6.18. The second-order valence-corrected chi connectivity index (χ2v) is 8.35. The second-order valence-electron chi connectivity index (χ2n) is 8.35. The van der Waals surface area contributed by atoms with Gasteiger partial charge >= 0.3 is 11.9 Å². The molecule has 34 heavy (non-hydrogen) atoms. The highest BCUT2D eigenvalue weighted by Crippen LogP contribution is 2.57. The Balaban J connectivity index is 2.17. The Morgan fingerprint density at radius 2 is 1.74 bits per heavy atom. The summed E-state index contributed by atoms with van der Waals surface area (Å²) >= 11 is 0. The summed E-state index contributed by atoms with van der Waals surface area (Å²) < 4.78 is 5.65. The normalized spacial score (nSPS) is 21.1. The predicted molar refractivity (Wildman–Crippen MR) is 115 cm³/mol. The van der Waals surface area contributed by atoms with Gasteiger partial charge in [-0.1, -0.05) is 0 Å². The number of rotatable bonds is 7. The summed E-state index contributed by atoms with van der Waals surface area (Å²) in [5.41, 5.74) is -2.64. The Kier molecular flexibility index (Phi) is 6.00. The molecule has 0 fully saturated rings. The van der Waals surface area contributed by atoms with E-state index in [1.807, 2.05) is 0 Å². The zero-order valence-corrected chi connectivity index (χ0v) is 18.8. The molecule has 0 bridgehead atoms. The van der Waals surface area contributed by atoms with Crippen LogP contribution in [-0.4, -0.2) is 55.8 Å². The van der Waals surface area contributed by atoms with Crippen LogP contribution in [0.5, 0.6) is 17.2 Å². The number of aromatic hydroxyl groups is 2. The van der Waals surface area contributed by atoms with E-state index in [2.05, 4.69) is 5.32 Å². The monoisotopic (exact) mass is 473 g/mol. The number of hydrogen-bond donors (Lipinski definition) is 5. The molecule has 0 saturated carbocycles. The van der Waals surface area contributed by atoms with Crippen molar-refractivity contribution in [1.82, 2.24) is 5.32 Å². The van der Waals surface area contributed by atoms with Crippen LogP contribution in [0.15, 0.2) is 23.1 Å². The Labute approximate surface area is 193 Å². The van der Waals surface area contributed by atoms with Gasteiger partial charge in [-0.3, -0.25) is 19.2 Å². The molecule has 180 valence electrons. The fourth-order valence-electron chi connectivity index (χ4n) is 4.22. The van der Waals surface area contributed by atoms with Gasteiger partial charge in [-0.15, -0.1) is 0 Å². The van der Waals surface area contributed by atoms with Crippen LogP contribution in [-0.2, 0) is 24.6 Å². The Morgan fingerprint density at radius 1 is 1.12 bits per heavy atom. The van der Waals surface area contributed by atoms with E-state index >= 15 is 0 Å². The third-order valence-corrected chi connectivity index (χ3v) is 6.10. The van der Waals surface area contributed by atoms with E-state index in [1.54, 1.807) is 0 Å². The maximum atomic E-state index is 13.7. The standard InChI is InChI=1S/C23H23NO10/c1-8-18(29)16(10(3)25)20-17(19(8)30)23(4)13(34-20)7-12(26)15(21(23)31)9(2)24-11(22(32)33)5-6-14(27)28/h7,11,24,29-30H,5-6H2,1-4H3,(H,27,28)(H,32,33)/t11-,23+/m1/s1. The molecule has 1 aromatic carbocycles. The minimum atomic E-state index is -1.74. The number of allylic oxidation sites excluding steroid dienone is 4. The molecular formula is C23H23NO10. The smallest absolute Gasteiger partial charge is 0.326 e. The van der Waals surface area contributed by atoms with Crippen molar-refractivity contribution in [2.75, 3.05) is 0 Å². The summed E-state index contributed by atoms with van der Waals surface area (Å²) in [5, 5.41) is 41.9. The van der Waals surface area contributed by atoms with Crippen molar-refractivity contribution in [3.05, 3.63) is 39.8 Å². The molecule has 0 spiro atoms. The van der Waals surface area contributed by atoms with Crippen LogP contribution in [0.25, 0.3) is 0 Å². The topological polar surface area (TPSA) is 188 Å². The molecule has 2 atom stereocenters. The number of fused-ring (bicyclic) bond motifs is 3. The average Bonchev–Trinajstić information content (AvgIpc) is 3.02. The fraction of sp³-hybridized carbons (Fsp3) is 0.348. The largest absolute Gasteiger partial charge is 0.507 e. The van der Waals surface area contributed by atoms with E-state index in [4.69, 9.17) is 9.84 Å². The van der Waals surface area contributed by atoms with Crippen LogP contribution < -0.4 is 10.1 Å². The van der Waals surface area contributed by atoms with Gasteiger partial charge in [0.25, 0.3) is 0 Å². The number of carbonyl (C=O) groups excluding carboxylic acids is 3. The maximum absolute atomic E-state index is 13.7. The van der Waals surface area contributed by atoms with E-state index in [1.165, 1.54) is 27.7 Å². The predicted octanol–water partition coefficient (Wildman–Crippen LogP) is 1.48. The zero-order valence-electron chi connectivity index (χ0n) is 18.8. The van der Waals surface area contributed by atoms with Gasteiger partial charge in [-0.05, 0) is 34.1 Å². The Bertz CT molecular complexity index is 1240. The third-order valence-electron chi connectivity index (χ3n) is 6.10. The van der Waals surface area contributed by atoms with Crippen LogP contribution in [0, 0.1) is 6.92 Å². The summed E-state index contributed by atoms with van der Waals surface area (Å²) in [6.07, 6.45) is 0.246. The number of Topliss-reactive ketones (excluding diaryl/α,β-unsaturated/α-hetero) is 2. The lowest BCUT2D eigenvalue weighted by atomic mass is 9.70. The molecule has 11 heteroatoms. The fourth-order valence-corrected chi connectivity index (χ4v) is 4.22. The van der Waals surface area contributed by atoms with Crippen molar-refractivity contribution in [2.45, 2.75) is 52.0 Å². The van der Waals surface area contributed by atoms with Gasteiger partial charge < -0.3 is 30.5 Å². The molecule has 1 heterocycles. The van der Waals surface area contributed by atoms with Crippen LogP contribution in [0.4, 0.5) is 0 Å². The van der Waals surface area contributed by atoms with Gasteiger partial charge in [0.2, 0.25) is 0 Å². The van der Waals surface area contributed by atoms with E-state index in [-0.39, 0.29) is 40.3 Å². The first-order valence-corrected chi connectivity index (χ1v) is 10.2. The number of nitrogens with one attached hydrogen (secondary N) is 1. The number of hydrogen-bond acceptors (Lipinski definition) is 9. The molecule has 0 unspecified atom stereocenters. The van der Waals surface area contributed by atoms with E-state index in [0.717, 1.165) is 6.08 Å². The molecule has 3 rings (SSSR count). The molecule has 0 amide bonds. The number of carbonyl (C=O) groups is 5. The first kappa shape index (κ1) is 24.5. The summed E-state index contributed by atoms with van der Waals surface area (Å²) in [4.78, 5) is 61.1. The summed E-state index contributed by atoms with van der Waals surface area (Å²) in [6, 6.07) is -1.38. The van der Waals surface area contributed by atoms with Crippen molar-refractivity contribution in [3.8, 4) is 17.2 Å². The van der Waals surface area contributed by atoms with Crippen LogP contribution in [0.1, 0.15) is 55.1 Å².